The van der Waals surface area contributed by atoms with Crippen LogP contribution in [-0.4, -0.2) is 32.7 Å². The van der Waals surface area contributed by atoms with Crippen molar-refractivity contribution in [3.05, 3.63) is 46.3 Å². The Morgan fingerprint density at radius 2 is 2.04 bits per heavy atom. The van der Waals surface area contributed by atoms with Gasteiger partial charge in [0.2, 0.25) is 10.0 Å². The van der Waals surface area contributed by atoms with E-state index in [4.69, 9.17) is 16.1 Å². The molecular weight excluding hydrogens is 340 g/mol. The third-order valence-corrected chi connectivity index (χ3v) is 5.37. The van der Waals surface area contributed by atoms with Crippen LogP contribution in [0.15, 0.2) is 28.9 Å². The number of halogens is 1. The Kier molecular flexibility index (Phi) is 3.93. The first-order chi connectivity index (χ1) is 10.8. The third kappa shape index (κ3) is 3.11. The molecule has 1 fully saturated rings. The zero-order chi connectivity index (χ0) is 16.8. The number of nitrogens with zero attached hydrogens (tertiary/aromatic N) is 2. The van der Waals surface area contributed by atoms with E-state index in [2.05, 4.69) is 5.16 Å². The topological polar surface area (TPSA) is 80.5 Å². The zero-order valence-electron chi connectivity index (χ0n) is 12.6. The smallest absolute Gasteiger partial charge is 0.231 e. The quantitative estimate of drug-likeness (QED) is 0.771. The van der Waals surface area contributed by atoms with Crippen molar-refractivity contribution in [3.8, 4) is 0 Å². The molecule has 1 saturated carbocycles. The lowest BCUT2D eigenvalue weighted by atomic mass is 10.0. The largest absolute Gasteiger partial charge is 0.360 e. The number of anilines is 1. The summed E-state index contributed by atoms with van der Waals surface area (Å²) in [5, 5.41) is 3.90. The number of rotatable bonds is 5. The fourth-order valence-corrected chi connectivity index (χ4v) is 3.04. The number of benzene rings is 1. The summed E-state index contributed by atoms with van der Waals surface area (Å²) in [6.45, 7) is 0. The van der Waals surface area contributed by atoms with Crippen molar-refractivity contribution in [1.29, 1.82) is 0 Å². The predicted molar refractivity (Wildman–Crippen MR) is 86.6 cm³/mol. The summed E-state index contributed by atoms with van der Waals surface area (Å²) >= 11 is 6.19. The first-order valence-corrected chi connectivity index (χ1v) is 9.24. The van der Waals surface area contributed by atoms with Crippen molar-refractivity contribution < 1.29 is 17.7 Å². The maximum atomic E-state index is 12.6. The van der Waals surface area contributed by atoms with Crippen molar-refractivity contribution in [3.63, 3.8) is 0 Å². The van der Waals surface area contributed by atoms with Crippen molar-refractivity contribution in [1.82, 2.24) is 5.16 Å². The average Bonchev–Trinajstić information content (AvgIpc) is 3.22. The molecule has 0 bridgehead atoms. The van der Waals surface area contributed by atoms with Crippen LogP contribution in [0.2, 0.25) is 5.02 Å². The fourth-order valence-electron chi connectivity index (χ4n) is 2.28. The Morgan fingerprint density at radius 1 is 1.35 bits per heavy atom. The van der Waals surface area contributed by atoms with Gasteiger partial charge in [-0.3, -0.25) is 9.10 Å². The summed E-state index contributed by atoms with van der Waals surface area (Å²) in [5.74, 6) is 0.584. The van der Waals surface area contributed by atoms with Crippen molar-refractivity contribution in [2.45, 2.75) is 18.8 Å². The van der Waals surface area contributed by atoms with Gasteiger partial charge in [-0.2, -0.15) is 0 Å². The molecule has 8 heteroatoms. The standard InChI is InChI=1S/C15H15ClN2O4S/c1-18(23(2,20)21)10-5-6-11(13(16)7-10)14(19)12-8-17-22-15(12)9-3-4-9/h5-9H,3-4H2,1-2H3. The lowest BCUT2D eigenvalue weighted by Gasteiger charge is -2.17. The normalized spacial score (nSPS) is 14.7. The molecule has 0 atom stereocenters. The fraction of sp³-hybridized carbons (Fsp3) is 0.333. The van der Waals surface area contributed by atoms with Gasteiger partial charge in [0.05, 0.1) is 28.7 Å². The molecule has 2 aromatic rings. The Balaban J connectivity index is 1.94. The molecule has 0 unspecified atom stereocenters. The van der Waals surface area contributed by atoms with Gasteiger partial charge in [-0.25, -0.2) is 8.42 Å². The lowest BCUT2D eigenvalue weighted by molar-refractivity contribution is 0.103. The minimum absolute atomic E-state index is 0.186. The van der Waals surface area contributed by atoms with Gasteiger partial charge in [-0.1, -0.05) is 16.8 Å². The monoisotopic (exact) mass is 354 g/mol. The number of aromatic nitrogens is 1. The molecule has 0 N–H and O–H groups in total. The second-order valence-corrected chi connectivity index (χ2v) is 8.02. The molecule has 1 aliphatic carbocycles. The van der Waals surface area contributed by atoms with Gasteiger partial charge < -0.3 is 4.52 Å². The molecule has 1 aromatic carbocycles. The highest BCUT2D eigenvalue weighted by atomic mass is 35.5. The number of carbonyl (C=O) groups excluding carboxylic acids is 1. The number of carbonyl (C=O) groups is 1. The Morgan fingerprint density at radius 3 is 2.61 bits per heavy atom. The molecule has 0 aliphatic heterocycles. The van der Waals surface area contributed by atoms with Crippen LogP contribution in [0.5, 0.6) is 0 Å². The first kappa shape index (κ1) is 16.0. The molecular formula is C15H15ClN2O4S. The summed E-state index contributed by atoms with van der Waals surface area (Å²) in [6, 6.07) is 4.52. The van der Waals surface area contributed by atoms with E-state index in [1.165, 1.54) is 25.4 Å². The first-order valence-electron chi connectivity index (χ1n) is 7.01. The maximum absolute atomic E-state index is 12.6. The van der Waals surface area contributed by atoms with E-state index in [1.54, 1.807) is 6.07 Å². The summed E-state index contributed by atoms with van der Waals surface area (Å²) in [4.78, 5) is 12.6. The van der Waals surface area contributed by atoms with Crippen LogP contribution in [-0.2, 0) is 10.0 Å². The summed E-state index contributed by atoms with van der Waals surface area (Å²) < 4.78 is 29.4. The number of hydrogen-bond acceptors (Lipinski definition) is 5. The summed E-state index contributed by atoms with van der Waals surface area (Å²) in [6.07, 6.45) is 4.48. The van der Waals surface area contributed by atoms with Gasteiger partial charge in [0.1, 0.15) is 0 Å². The van der Waals surface area contributed by atoms with Crippen LogP contribution in [0.3, 0.4) is 0 Å². The van der Waals surface area contributed by atoms with E-state index in [1.807, 2.05) is 0 Å². The summed E-state index contributed by atoms with van der Waals surface area (Å²) in [5.41, 5.74) is 1.10. The number of hydrogen-bond donors (Lipinski definition) is 0. The molecule has 122 valence electrons. The van der Waals surface area contributed by atoms with Crippen LogP contribution in [0.25, 0.3) is 0 Å². The van der Waals surface area contributed by atoms with Crippen molar-refractivity contribution >= 4 is 33.1 Å². The Hall–Kier alpha value is -1.86. The van der Waals surface area contributed by atoms with Crippen molar-refractivity contribution in [2.24, 2.45) is 0 Å². The van der Waals surface area contributed by atoms with Crippen LogP contribution in [0.1, 0.15) is 40.4 Å². The van der Waals surface area contributed by atoms with Gasteiger partial charge >= 0.3 is 0 Å². The van der Waals surface area contributed by atoms with Crippen LogP contribution in [0, 0.1) is 0 Å². The molecule has 0 amide bonds. The predicted octanol–water partition coefficient (Wildman–Crippen LogP) is 2.83. The molecule has 0 saturated heterocycles. The molecule has 6 nitrogen and oxygen atoms in total. The second-order valence-electron chi connectivity index (χ2n) is 5.60. The minimum Gasteiger partial charge on any atom is -0.360 e. The van der Waals surface area contributed by atoms with Crippen LogP contribution in [0.4, 0.5) is 5.69 Å². The van der Waals surface area contributed by atoms with Gasteiger partial charge in [-0.05, 0) is 31.0 Å². The van der Waals surface area contributed by atoms with Gasteiger partial charge in [0.15, 0.2) is 11.5 Å². The maximum Gasteiger partial charge on any atom is 0.231 e. The van der Waals surface area contributed by atoms with E-state index in [-0.39, 0.29) is 16.7 Å². The van der Waals surface area contributed by atoms with Crippen molar-refractivity contribution in [2.75, 3.05) is 17.6 Å². The molecule has 0 spiro atoms. The minimum atomic E-state index is -3.39. The highest BCUT2D eigenvalue weighted by molar-refractivity contribution is 7.92. The molecule has 0 radical (unpaired) electrons. The molecule has 1 aliphatic rings. The van der Waals surface area contributed by atoms with E-state index in [9.17, 15) is 13.2 Å². The van der Waals surface area contributed by atoms with E-state index >= 15 is 0 Å². The van der Waals surface area contributed by atoms with E-state index in [0.717, 1.165) is 23.4 Å². The van der Waals surface area contributed by atoms with E-state index < -0.39 is 10.0 Å². The molecule has 1 aromatic heterocycles. The third-order valence-electron chi connectivity index (χ3n) is 3.85. The molecule has 1 heterocycles. The Labute approximate surface area is 139 Å². The number of sulfonamides is 1. The average molecular weight is 355 g/mol. The highest BCUT2D eigenvalue weighted by Gasteiger charge is 2.33. The van der Waals surface area contributed by atoms with Crippen LogP contribution >= 0.6 is 11.6 Å². The molecule has 3 rings (SSSR count). The van der Waals surface area contributed by atoms with Gasteiger partial charge in [0, 0.05) is 18.5 Å². The van der Waals surface area contributed by atoms with Gasteiger partial charge in [-0.15, -0.1) is 0 Å². The number of ketones is 1. The Bertz CT molecular complexity index is 871. The molecule has 23 heavy (non-hydrogen) atoms. The zero-order valence-corrected chi connectivity index (χ0v) is 14.2. The highest BCUT2D eigenvalue weighted by Crippen LogP contribution is 2.42. The van der Waals surface area contributed by atoms with Crippen LogP contribution < -0.4 is 4.31 Å². The SMILES string of the molecule is CN(c1ccc(C(=O)c2cnoc2C2CC2)c(Cl)c1)S(C)(=O)=O. The second kappa shape index (κ2) is 5.65. The lowest BCUT2D eigenvalue weighted by Crippen LogP contribution is -2.24. The van der Waals surface area contributed by atoms with Gasteiger partial charge in [0.25, 0.3) is 0 Å². The summed E-state index contributed by atoms with van der Waals surface area (Å²) in [7, 11) is -1.97. The van der Waals surface area contributed by atoms with E-state index in [0.29, 0.717) is 22.6 Å².